The average molecular weight is 412 g/mol. The molecule has 0 radical (unpaired) electrons. The molecule has 2 aromatic rings. The Hall–Kier alpha value is -1.67. The van der Waals surface area contributed by atoms with Crippen LogP contribution in [0.1, 0.15) is 39.8 Å². The minimum Gasteiger partial charge on any atom is -0.444 e. The number of hydrogen-bond acceptors (Lipinski definition) is 5. The van der Waals surface area contributed by atoms with Crippen LogP contribution < -0.4 is 5.32 Å². The summed E-state index contributed by atoms with van der Waals surface area (Å²) in [5.74, 6) is 0. The van der Waals surface area contributed by atoms with Gasteiger partial charge in [-0.05, 0) is 56.6 Å². The largest absolute Gasteiger partial charge is 0.444 e. The molecule has 2 aromatic heterocycles. The van der Waals surface area contributed by atoms with Crippen LogP contribution in [0.2, 0.25) is 0 Å². The summed E-state index contributed by atoms with van der Waals surface area (Å²) in [6.45, 7) is 10.4. The summed E-state index contributed by atoms with van der Waals surface area (Å²) in [4.78, 5) is 22.3. The number of hydrogen-bond donors (Lipinski definition) is 1. The van der Waals surface area contributed by atoms with E-state index in [4.69, 9.17) is 4.74 Å². The van der Waals surface area contributed by atoms with Gasteiger partial charge in [0.15, 0.2) is 5.65 Å². The van der Waals surface area contributed by atoms with E-state index in [2.05, 4.69) is 31.2 Å². The summed E-state index contributed by atoms with van der Waals surface area (Å²) in [5.41, 5.74) is 1.43. The predicted octanol–water partition coefficient (Wildman–Crippen LogP) is 3.23. The molecule has 2 rings (SSSR count). The van der Waals surface area contributed by atoms with E-state index in [1.165, 1.54) is 0 Å². The third kappa shape index (κ3) is 5.97. The van der Waals surface area contributed by atoms with E-state index in [9.17, 15) is 4.79 Å². The van der Waals surface area contributed by atoms with E-state index >= 15 is 0 Å². The van der Waals surface area contributed by atoms with Crippen molar-refractivity contribution >= 4 is 27.7 Å². The molecule has 2 heterocycles. The summed E-state index contributed by atoms with van der Waals surface area (Å²) >= 11 is 3.37. The number of amides is 1. The monoisotopic (exact) mass is 411 g/mol. The van der Waals surface area contributed by atoms with Crippen LogP contribution in [0.4, 0.5) is 4.79 Å². The van der Waals surface area contributed by atoms with Crippen LogP contribution in [0.15, 0.2) is 23.2 Å². The fraction of sp³-hybridized carbons (Fsp3) is 0.588. The molecule has 8 heteroatoms. The van der Waals surface area contributed by atoms with Crippen LogP contribution in [0.25, 0.3) is 5.65 Å². The van der Waals surface area contributed by atoms with Gasteiger partial charge < -0.3 is 15.0 Å². The Kier molecular flexibility index (Phi) is 6.78. The first kappa shape index (κ1) is 19.7. The number of nitrogens with one attached hydrogen (secondary N) is 1. The van der Waals surface area contributed by atoms with Crippen molar-refractivity contribution in [3.8, 4) is 0 Å². The Morgan fingerprint density at radius 3 is 2.80 bits per heavy atom. The van der Waals surface area contributed by atoms with Crippen LogP contribution in [0, 0.1) is 0 Å². The molecule has 25 heavy (non-hydrogen) atoms. The molecule has 0 saturated carbocycles. The van der Waals surface area contributed by atoms with Crippen molar-refractivity contribution in [3.05, 3.63) is 28.9 Å². The highest BCUT2D eigenvalue weighted by molar-refractivity contribution is 9.10. The third-order valence-corrected chi connectivity index (χ3v) is 3.97. The second kappa shape index (κ2) is 8.62. The van der Waals surface area contributed by atoms with E-state index in [1.54, 1.807) is 11.1 Å². The van der Waals surface area contributed by atoms with Gasteiger partial charge in [-0.2, -0.15) is 0 Å². The lowest BCUT2D eigenvalue weighted by Gasteiger charge is -2.26. The molecule has 7 nitrogen and oxygen atoms in total. The summed E-state index contributed by atoms with van der Waals surface area (Å²) < 4.78 is 8.19. The van der Waals surface area contributed by atoms with Crippen molar-refractivity contribution in [2.24, 2.45) is 0 Å². The van der Waals surface area contributed by atoms with Gasteiger partial charge in [0, 0.05) is 25.8 Å². The van der Waals surface area contributed by atoms with Gasteiger partial charge in [0.05, 0.1) is 18.1 Å². The molecule has 0 aliphatic carbocycles. The smallest absolute Gasteiger partial charge is 0.410 e. The molecule has 138 valence electrons. The number of aromatic nitrogens is 3. The predicted molar refractivity (Wildman–Crippen MR) is 100 cm³/mol. The van der Waals surface area contributed by atoms with Gasteiger partial charge in [-0.25, -0.2) is 14.8 Å². The van der Waals surface area contributed by atoms with Crippen LogP contribution in [0.5, 0.6) is 0 Å². The molecular formula is C17H26BrN5O2. The van der Waals surface area contributed by atoms with E-state index in [1.807, 2.05) is 44.5 Å². The first-order chi connectivity index (χ1) is 11.8. The van der Waals surface area contributed by atoms with Crippen LogP contribution >= 0.6 is 15.9 Å². The summed E-state index contributed by atoms with van der Waals surface area (Å²) in [6.07, 6.45) is 6.08. The zero-order chi connectivity index (χ0) is 18.4. The summed E-state index contributed by atoms with van der Waals surface area (Å²) in [7, 11) is 0. The van der Waals surface area contributed by atoms with Crippen LogP contribution in [-0.4, -0.2) is 50.6 Å². The van der Waals surface area contributed by atoms with E-state index < -0.39 is 5.60 Å². The van der Waals surface area contributed by atoms with Crippen molar-refractivity contribution in [2.45, 2.75) is 46.3 Å². The molecular weight excluding hydrogens is 386 g/mol. The van der Waals surface area contributed by atoms with Crippen molar-refractivity contribution in [1.82, 2.24) is 24.6 Å². The molecule has 0 aliphatic rings. The second-order valence-electron chi connectivity index (χ2n) is 6.78. The van der Waals surface area contributed by atoms with Crippen molar-refractivity contribution < 1.29 is 9.53 Å². The lowest BCUT2D eigenvalue weighted by Crippen LogP contribution is -2.38. The van der Waals surface area contributed by atoms with Crippen molar-refractivity contribution in [3.63, 3.8) is 0 Å². The number of rotatable bonds is 7. The van der Waals surface area contributed by atoms with Gasteiger partial charge >= 0.3 is 6.09 Å². The molecule has 1 amide bonds. The first-order valence-electron chi connectivity index (χ1n) is 8.46. The Morgan fingerprint density at radius 2 is 2.12 bits per heavy atom. The number of imidazole rings is 1. The van der Waals surface area contributed by atoms with Crippen molar-refractivity contribution in [2.75, 3.05) is 19.6 Å². The molecule has 0 fully saturated rings. The number of halogens is 1. The fourth-order valence-electron chi connectivity index (χ4n) is 2.36. The zero-order valence-electron chi connectivity index (χ0n) is 15.3. The Labute approximate surface area is 156 Å². The van der Waals surface area contributed by atoms with Gasteiger partial charge in [-0.3, -0.25) is 4.40 Å². The minimum absolute atomic E-state index is 0.255. The van der Waals surface area contributed by atoms with E-state index in [0.29, 0.717) is 19.6 Å². The van der Waals surface area contributed by atoms with Gasteiger partial charge in [0.25, 0.3) is 0 Å². The fourth-order valence-corrected chi connectivity index (χ4v) is 2.67. The zero-order valence-corrected chi connectivity index (χ0v) is 16.8. The standard InChI is InChI=1S/C17H26BrN5O2/c1-5-22(16(24)25-17(2,3)4)8-6-7-19-9-13-10-21-15-11-20-14(18)12-23(13)15/h10-12,19H,5-9H2,1-4H3. The molecule has 0 atom stereocenters. The normalized spacial score (nSPS) is 11.7. The summed E-state index contributed by atoms with van der Waals surface area (Å²) in [6, 6.07) is 0. The lowest BCUT2D eigenvalue weighted by molar-refractivity contribution is 0.0258. The third-order valence-electron chi connectivity index (χ3n) is 3.56. The topological polar surface area (TPSA) is 71.8 Å². The van der Waals surface area contributed by atoms with E-state index in [0.717, 1.165) is 28.9 Å². The number of carbonyl (C=O) groups is 1. The maximum absolute atomic E-state index is 12.1. The molecule has 0 aliphatic heterocycles. The van der Waals surface area contributed by atoms with Gasteiger partial charge in [-0.15, -0.1) is 0 Å². The molecule has 1 N–H and O–H groups in total. The second-order valence-corrected chi connectivity index (χ2v) is 7.59. The molecule has 0 unspecified atom stereocenters. The van der Waals surface area contributed by atoms with Gasteiger partial charge in [-0.1, -0.05) is 0 Å². The molecule has 0 spiro atoms. The van der Waals surface area contributed by atoms with Crippen LogP contribution in [-0.2, 0) is 11.3 Å². The Morgan fingerprint density at radius 1 is 1.36 bits per heavy atom. The number of fused-ring (bicyclic) bond motifs is 1. The quantitative estimate of drug-likeness (QED) is 0.707. The number of nitrogens with zero attached hydrogens (tertiary/aromatic N) is 4. The van der Waals surface area contributed by atoms with Gasteiger partial charge in [0.1, 0.15) is 10.2 Å². The average Bonchev–Trinajstić information content (AvgIpc) is 2.91. The summed E-state index contributed by atoms with van der Waals surface area (Å²) in [5, 5.41) is 3.39. The highest BCUT2D eigenvalue weighted by Crippen LogP contribution is 2.11. The molecule has 0 saturated heterocycles. The maximum Gasteiger partial charge on any atom is 0.410 e. The SMILES string of the molecule is CCN(CCCNCc1cnc2cnc(Br)cn12)C(=O)OC(C)(C)C. The van der Waals surface area contributed by atoms with Crippen LogP contribution in [0.3, 0.4) is 0 Å². The minimum atomic E-state index is -0.463. The van der Waals surface area contributed by atoms with Gasteiger partial charge in [0.2, 0.25) is 0 Å². The van der Waals surface area contributed by atoms with Crippen molar-refractivity contribution in [1.29, 1.82) is 0 Å². The number of carbonyl (C=O) groups excluding carboxylic acids is 1. The molecule has 0 aromatic carbocycles. The highest BCUT2D eigenvalue weighted by atomic mass is 79.9. The number of ether oxygens (including phenoxy) is 1. The lowest BCUT2D eigenvalue weighted by atomic mass is 10.2. The Bertz CT molecular complexity index is 711. The highest BCUT2D eigenvalue weighted by Gasteiger charge is 2.20. The maximum atomic E-state index is 12.1. The first-order valence-corrected chi connectivity index (χ1v) is 9.25. The molecule has 0 bridgehead atoms. The van der Waals surface area contributed by atoms with E-state index in [-0.39, 0.29) is 6.09 Å². The Balaban J connectivity index is 1.76.